The first kappa shape index (κ1) is 20.1. The van der Waals surface area contributed by atoms with Gasteiger partial charge in [-0.05, 0) is 30.3 Å². The molecule has 0 saturated carbocycles. The number of pyridine rings is 1. The summed E-state index contributed by atoms with van der Waals surface area (Å²) in [7, 11) is 1.28. The van der Waals surface area contributed by atoms with Gasteiger partial charge in [0.15, 0.2) is 0 Å². The molecule has 1 aromatic heterocycles. The fraction of sp³-hybridized carbons (Fsp3) is 0.316. The second kappa shape index (κ2) is 9.03. The van der Waals surface area contributed by atoms with Gasteiger partial charge in [-0.3, -0.25) is 9.88 Å². The van der Waals surface area contributed by atoms with Crippen molar-refractivity contribution in [3.63, 3.8) is 0 Å². The molecule has 0 spiro atoms. The molecule has 0 unspecified atom stereocenters. The predicted octanol–water partition coefficient (Wildman–Crippen LogP) is 2.20. The van der Waals surface area contributed by atoms with Crippen molar-refractivity contribution in [3.05, 3.63) is 59.7 Å². The van der Waals surface area contributed by atoms with Gasteiger partial charge in [0.05, 0.1) is 38.0 Å². The van der Waals surface area contributed by atoms with Crippen LogP contribution in [0.3, 0.4) is 0 Å². The Morgan fingerprint density at radius 3 is 2.64 bits per heavy atom. The Bertz CT molecular complexity index is 841. The maximum absolute atomic E-state index is 13.7. The topological polar surface area (TPSA) is 85.8 Å². The van der Waals surface area contributed by atoms with Crippen LogP contribution in [0.15, 0.2) is 42.6 Å². The van der Waals surface area contributed by atoms with Crippen LogP contribution in [0.5, 0.6) is 0 Å². The SMILES string of the molecule is COC(=O)c1ccc(CN(C(=O)N2CC[S+]([O-])CC2)c2cccc(F)c2)nc1. The molecule has 0 aliphatic carbocycles. The maximum atomic E-state index is 13.7. The van der Waals surface area contributed by atoms with Crippen molar-refractivity contribution in [2.24, 2.45) is 0 Å². The van der Waals surface area contributed by atoms with E-state index in [2.05, 4.69) is 9.72 Å². The fourth-order valence-electron chi connectivity index (χ4n) is 2.83. The number of hydrogen-bond donors (Lipinski definition) is 0. The minimum absolute atomic E-state index is 0.101. The molecule has 0 bridgehead atoms. The number of esters is 1. The third-order valence-electron chi connectivity index (χ3n) is 4.36. The van der Waals surface area contributed by atoms with Crippen LogP contribution in [0.4, 0.5) is 14.9 Å². The number of rotatable bonds is 4. The Kier molecular flexibility index (Phi) is 6.48. The van der Waals surface area contributed by atoms with Crippen molar-refractivity contribution in [2.75, 3.05) is 36.6 Å². The molecule has 2 heterocycles. The average molecular weight is 405 g/mol. The van der Waals surface area contributed by atoms with Gasteiger partial charge in [0.25, 0.3) is 0 Å². The molecule has 1 aromatic carbocycles. The van der Waals surface area contributed by atoms with E-state index in [1.165, 1.54) is 36.4 Å². The predicted molar refractivity (Wildman–Crippen MR) is 103 cm³/mol. The van der Waals surface area contributed by atoms with E-state index in [1.807, 2.05) is 0 Å². The van der Waals surface area contributed by atoms with E-state index in [-0.39, 0.29) is 12.6 Å². The largest absolute Gasteiger partial charge is 0.616 e. The number of urea groups is 1. The quantitative estimate of drug-likeness (QED) is 0.575. The molecule has 9 heteroatoms. The van der Waals surface area contributed by atoms with E-state index in [0.29, 0.717) is 41.5 Å². The number of methoxy groups -OCH3 is 1. The van der Waals surface area contributed by atoms with Crippen LogP contribution in [0, 0.1) is 5.82 Å². The van der Waals surface area contributed by atoms with Crippen molar-refractivity contribution in [3.8, 4) is 0 Å². The normalized spacial score (nSPS) is 14.6. The maximum Gasteiger partial charge on any atom is 0.339 e. The smallest absolute Gasteiger partial charge is 0.339 e. The first-order valence-electron chi connectivity index (χ1n) is 8.68. The van der Waals surface area contributed by atoms with Crippen molar-refractivity contribution < 1.29 is 23.3 Å². The summed E-state index contributed by atoms with van der Waals surface area (Å²) in [6, 6.07) is 8.64. The van der Waals surface area contributed by atoms with Gasteiger partial charge >= 0.3 is 12.0 Å². The van der Waals surface area contributed by atoms with Crippen LogP contribution in [0.1, 0.15) is 16.1 Å². The van der Waals surface area contributed by atoms with Gasteiger partial charge in [-0.2, -0.15) is 0 Å². The second-order valence-electron chi connectivity index (χ2n) is 6.21. The van der Waals surface area contributed by atoms with Gasteiger partial charge in [0.1, 0.15) is 17.3 Å². The summed E-state index contributed by atoms with van der Waals surface area (Å²) < 4.78 is 30.0. The van der Waals surface area contributed by atoms with Crippen LogP contribution < -0.4 is 4.90 Å². The lowest BCUT2D eigenvalue weighted by molar-refractivity contribution is 0.0600. The number of carbonyl (C=O) groups is 2. The van der Waals surface area contributed by atoms with E-state index in [1.54, 1.807) is 23.1 Å². The number of hydrogen-bond acceptors (Lipinski definition) is 5. The Morgan fingerprint density at radius 2 is 2.04 bits per heavy atom. The zero-order valence-corrected chi connectivity index (χ0v) is 16.2. The number of benzene rings is 1. The molecule has 28 heavy (non-hydrogen) atoms. The minimum Gasteiger partial charge on any atom is -0.616 e. The Balaban J connectivity index is 1.84. The molecule has 3 rings (SSSR count). The van der Waals surface area contributed by atoms with Crippen LogP contribution in [0.25, 0.3) is 0 Å². The van der Waals surface area contributed by atoms with Gasteiger partial charge in [0, 0.05) is 11.9 Å². The summed E-state index contributed by atoms with van der Waals surface area (Å²) in [6.45, 7) is 0.862. The lowest BCUT2D eigenvalue weighted by Gasteiger charge is -2.33. The highest BCUT2D eigenvalue weighted by Gasteiger charge is 2.28. The summed E-state index contributed by atoms with van der Waals surface area (Å²) in [5, 5.41) is 0. The summed E-state index contributed by atoms with van der Waals surface area (Å²) in [5.41, 5.74) is 1.23. The minimum atomic E-state index is -0.913. The molecular formula is C19H20FN3O4S. The number of anilines is 1. The number of aromatic nitrogens is 1. The van der Waals surface area contributed by atoms with Crippen molar-refractivity contribution in [2.45, 2.75) is 6.54 Å². The first-order chi connectivity index (χ1) is 13.5. The Labute approximate surface area is 165 Å². The van der Waals surface area contributed by atoms with E-state index >= 15 is 0 Å². The first-order valence-corrected chi connectivity index (χ1v) is 10.2. The van der Waals surface area contributed by atoms with Crippen LogP contribution in [-0.4, -0.2) is 58.1 Å². The van der Waals surface area contributed by atoms with Crippen LogP contribution >= 0.6 is 0 Å². The van der Waals surface area contributed by atoms with Gasteiger partial charge in [-0.15, -0.1) is 0 Å². The zero-order chi connectivity index (χ0) is 20.1. The van der Waals surface area contributed by atoms with Gasteiger partial charge in [-0.25, -0.2) is 14.0 Å². The average Bonchev–Trinajstić information content (AvgIpc) is 2.72. The molecule has 148 valence electrons. The molecule has 0 radical (unpaired) electrons. The fourth-order valence-corrected chi connectivity index (χ4v) is 3.88. The monoisotopic (exact) mass is 405 g/mol. The third kappa shape index (κ3) is 4.79. The van der Waals surface area contributed by atoms with Gasteiger partial charge in [-0.1, -0.05) is 17.2 Å². The molecule has 1 aliphatic rings. The molecule has 0 atom stereocenters. The van der Waals surface area contributed by atoms with E-state index in [4.69, 9.17) is 0 Å². The van der Waals surface area contributed by atoms with Crippen molar-refractivity contribution >= 4 is 28.9 Å². The van der Waals surface area contributed by atoms with Crippen LogP contribution in [0.2, 0.25) is 0 Å². The molecule has 1 fully saturated rings. The number of amides is 2. The Hall–Kier alpha value is -2.65. The summed E-state index contributed by atoms with van der Waals surface area (Å²) >= 11 is -0.913. The number of ether oxygens (including phenoxy) is 1. The highest BCUT2D eigenvalue weighted by atomic mass is 32.2. The Morgan fingerprint density at radius 1 is 1.29 bits per heavy atom. The third-order valence-corrected chi connectivity index (χ3v) is 5.64. The number of nitrogens with zero attached hydrogens (tertiary/aromatic N) is 3. The van der Waals surface area contributed by atoms with E-state index in [0.717, 1.165) is 0 Å². The van der Waals surface area contributed by atoms with Crippen LogP contribution in [-0.2, 0) is 22.5 Å². The summed E-state index contributed by atoms with van der Waals surface area (Å²) in [6.07, 6.45) is 1.37. The second-order valence-corrected chi connectivity index (χ2v) is 7.91. The number of carbonyl (C=O) groups excluding carboxylic acids is 2. The molecule has 7 nitrogen and oxygen atoms in total. The summed E-state index contributed by atoms with van der Waals surface area (Å²) in [4.78, 5) is 31.9. The lowest BCUT2D eigenvalue weighted by atomic mass is 10.2. The van der Waals surface area contributed by atoms with Gasteiger partial charge in [0.2, 0.25) is 0 Å². The van der Waals surface area contributed by atoms with E-state index in [9.17, 15) is 18.5 Å². The standard InChI is InChI=1S/C19H20FN3O4S/c1-27-18(24)14-5-6-16(21-12-14)13-23(17-4-2-3-15(20)11-17)19(25)22-7-9-28(26)10-8-22/h2-6,11-12H,7-10,13H2,1H3. The molecule has 2 amide bonds. The molecule has 1 aliphatic heterocycles. The van der Waals surface area contributed by atoms with E-state index < -0.39 is 23.0 Å². The zero-order valence-electron chi connectivity index (χ0n) is 15.3. The highest BCUT2D eigenvalue weighted by molar-refractivity contribution is 7.91. The molecule has 2 aromatic rings. The molecule has 1 saturated heterocycles. The number of halogens is 1. The molecule has 0 N–H and O–H groups in total. The highest BCUT2D eigenvalue weighted by Crippen LogP contribution is 2.21. The lowest BCUT2D eigenvalue weighted by Crippen LogP contribution is -2.49. The molecular weight excluding hydrogens is 385 g/mol. The van der Waals surface area contributed by atoms with Crippen molar-refractivity contribution in [1.29, 1.82) is 0 Å². The van der Waals surface area contributed by atoms with Gasteiger partial charge < -0.3 is 14.2 Å². The summed E-state index contributed by atoms with van der Waals surface area (Å²) in [5.74, 6) is -0.105. The van der Waals surface area contributed by atoms with Crippen molar-refractivity contribution in [1.82, 2.24) is 9.88 Å².